The van der Waals surface area contributed by atoms with Gasteiger partial charge in [0.15, 0.2) is 11.6 Å². The maximum absolute atomic E-state index is 13.5. The Morgan fingerprint density at radius 1 is 1.27 bits per heavy atom. The number of halogens is 2. The third-order valence-corrected chi connectivity index (χ3v) is 3.28. The zero-order valence-corrected chi connectivity index (χ0v) is 12.9. The second-order valence-corrected chi connectivity index (χ2v) is 5.11. The first kappa shape index (κ1) is 16.0. The van der Waals surface area contributed by atoms with Crippen molar-refractivity contribution in [3.05, 3.63) is 64.4 Å². The number of ether oxygens (including phenoxy) is 1. The van der Waals surface area contributed by atoms with Crippen LogP contribution in [0.15, 0.2) is 42.5 Å². The molecule has 1 N–H and O–H groups in total. The summed E-state index contributed by atoms with van der Waals surface area (Å²) in [6, 6.07) is 9.68. The van der Waals surface area contributed by atoms with E-state index < -0.39 is 5.82 Å². The average Bonchev–Trinajstić information content (AvgIpc) is 2.48. The van der Waals surface area contributed by atoms with Crippen molar-refractivity contribution in [3.8, 4) is 5.75 Å². The van der Waals surface area contributed by atoms with E-state index in [0.717, 1.165) is 5.56 Å². The number of nitrogens with one attached hydrogen (secondary N) is 1. The van der Waals surface area contributed by atoms with Gasteiger partial charge in [0, 0.05) is 16.8 Å². The fourth-order valence-electron chi connectivity index (χ4n) is 1.90. The Morgan fingerprint density at radius 3 is 2.68 bits per heavy atom. The highest BCUT2D eigenvalue weighted by molar-refractivity contribution is 6.30. The van der Waals surface area contributed by atoms with Gasteiger partial charge in [-0.1, -0.05) is 17.7 Å². The van der Waals surface area contributed by atoms with Gasteiger partial charge in [0.2, 0.25) is 5.91 Å². The predicted octanol–water partition coefficient (Wildman–Crippen LogP) is 4.45. The lowest BCUT2D eigenvalue weighted by Crippen LogP contribution is -2.08. The molecule has 0 radical (unpaired) electrons. The summed E-state index contributed by atoms with van der Waals surface area (Å²) in [5.41, 5.74) is 2.12. The van der Waals surface area contributed by atoms with Gasteiger partial charge in [-0.15, -0.1) is 0 Å². The van der Waals surface area contributed by atoms with Crippen molar-refractivity contribution in [1.29, 1.82) is 0 Å². The maximum Gasteiger partial charge on any atom is 0.248 e. The van der Waals surface area contributed by atoms with Crippen LogP contribution in [-0.2, 0) is 4.79 Å². The van der Waals surface area contributed by atoms with Crippen LogP contribution in [-0.4, -0.2) is 13.0 Å². The van der Waals surface area contributed by atoms with Crippen molar-refractivity contribution in [1.82, 2.24) is 0 Å². The molecule has 0 fully saturated rings. The number of anilines is 1. The third-order valence-electron chi connectivity index (χ3n) is 3.05. The molecule has 0 saturated heterocycles. The summed E-state index contributed by atoms with van der Waals surface area (Å²) in [4.78, 5) is 11.9. The Bertz CT molecular complexity index is 729. The molecule has 0 atom stereocenters. The number of amides is 1. The Balaban J connectivity index is 2.06. The molecule has 1 amide bonds. The maximum atomic E-state index is 13.5. The molecule has 0 unspecified atom stereocenters. The van der Waals surface area contributed by atoms with Gasteiger partial charge in [-0.2, -0.15) is 0 Å². The van der Waals surface area contributed by atoms with Gasteiger partial charge in [0.05, 0.1) is 7.11 Å². The third kappa shape index (κ3) is 4.09. The summed E-state index contributed by atoms with van der Waals surface area (Å²) in [5.74, 6) is -0.612. The molecule has 0 aliphatic heterocycles. The molecule has 2 rings (SSSR count). The first-order chi connectivity index (χ1) is 10.5. The molecule has 0 bridgehead atoms. The summed E-state index contributed by atoms with van der Waals surface area (Å²) in [5, 5.41) is 3.35. The van der Waals surface area contributed by atoms with E-state index in [1.165, 1.54) is 31.4 Å². The normalized spacial score (nSPS) is 10.7. The second-order valence-electron chi connectivity index (χ2n) is 4.68. The minimum atomic E-state index is -0.474. The zero-order valence-electron chi connectivity index (χ0n) is 12.2. The molecular weight excluding hydrogens is 305 g/mol. The fourth-order valence-corrected chi connectivity index (χ4v) is 2.13. The van der Waals surface area contributed by atoms with Crippen molar-refractivity contribution >= 4 is 29.3 Å². The highest BCUT2D eigenvalue weighted by atomic mass is 35.5. The Hall–Kier alpha value is -2.33. The van der Waals surface area contributed by atoms with Crippen LogP contribution in [0, 0.1) is 12.7 Å². The fraction of sp³-hybridized carbons (Fsp3) is 0.118. The van der Waals surface area contributed by atoms with Gasteiger partial charge in [-0.05, 0) is 54.5 Å². The summed E-state index contributed by atoms with van der Waals surface area (Å²) in [6.45, 7) is 1.85. The summed E-state index contributed by atoms with van der Waals surface area (Å²) in [6.07, 6.45) is 2.87. The van der Waals surface area contributed by atoms with Gasteiger partial charge in [-0.3, -0.25) is 4.79 Å². The molecule has 2 aromatic rings. The molecule has 114 valence electrons. The van der Waals surface area contributed by atoms with E-state index in [2.05, 4.69) is 5.32 Å². The van der Waals surface area contributed by atoms with Crippen molar-refractivity contribution in [2.75, 3.05) is 12.4 Å². The summed E-state index contributed by atoms with van der Waals surface area (Å²) in [7, 11) is 1.40. The van der Waals surface area contributed by atoms with Crippen molar-refractivity contribution in [3.63, 3.8) is 0 Å². The minimum Gasteiger partial charge on any atom is -0.494 e. The Kier molecular flexibility index (Phi) is 5.17. The predicted molar refractivity (Wildman–Crippen MR) is 86.8 cm³/mol. The summed E-state index contributed by atoms with van der Waals surface area (Å²) >= 11 is 5.86. The van der Waals surface area contributed by atoms with E-state index in [-0.39, 0.29) is 11.7 Å². The molecule has 2 aromatic carbocycles. The molecular formula is C17H15ClFNO2. The van der Waals surface area contributed by atoms with Gasteiger partial charge >= 0.3 is 0 Å². The molecule has 0 saturated carbocycles. The lowest BCUT2D eigenvalue weighted by molar-refractivity contribution is -0.111. The minimum absolute atomic E-state index is 0.165. The van der Waals surface area contributed by atoms with E-state index in [4.69, 9.17) is 16.3 Å². The lowest BCUT2D eigenvalue weighted by atomic mass is 10.2. The van der Waals surface area contributed by atoms with Crippen LogP contribution in [0.2, 0.25) is 5.02 Å². The molecule has 3 nitrogen and oxygen atoms in total. The molecule has 0 spiro atoms. The second kappa shape index (κ2) is 7.09. The van der Waals surface area contributed by atoms with E-state index in [0.29, 0.717) is 16.3 Å². The van der Waals surface area contributed by atoms with Crippen LogP contribution in [0.4, 0.5) is 10.1 Å². The van der Waals surface area contributed by atoms with Gasteiger partial charge in [0.1, 0.15) is 0 Å². The lowest BCUT2D eigenvalue weighted by Gasteiger charge is -2.06. The molecule has 0 aliphatic rings. The molecule has 22 heavy (non-hydrogen) atoms. The van der Waals surface area contributed by atoms with Gasteiger partial charge in [-0.25, -0.2) is 4.39 Å². The van der Waals surface area contributed by atoms with Crippen LogP contribution in [0.1, 0.15) is 11.1 Å². The first-order valence-electron chi connectivity index (χ1n) is 6.58. The van der Waals surface area contributed by atoms with Crippen molar-refractivity contribution in [2.45, 2.75) is 6.92 Å². The molecule has 0 heterocycles. The highest BCUT2D eigenvalue weighted by Gasteiger charge is 2.04. The van der Waals surface area contributed by atoms with Crippen molar-refractivity contribution < 1.29 is 13.9 Å². The Morgan fingerprint density at radius 2 is 2.05 bits per heavy atom. The van der Waals surface area contributed by atoms with Crippen LogP contribution in [0.3, 0.4) is 0 Å². The number of rotatable bonds is 4. The highest BCUT2D eigenvalue weighted by Crippen LogP contribution is 2.20. The van der Waals surface area contributed by atoms with Crippen LogP contribution in [0.25, 0.3) is 6.08 Å². The standard InChI is InChI=1S/C17H15ClFNO2/c1-11-9-13(18)5-6-15(11)20-17(21)8-4-12-3-7-16(22-2)14(19)10-12/h3-10H,1-2H3,(H,20,21)/b8-4+. The molecule has 0 aliphatic carbocycles. The number of hydrogen-bond donors (Lipinski definition) is 1. The average molecular weight is 320 g/mol. The smallest absolute Gasteiger partial charge is 0.248 e. The van der Waals surface area contributed by atoms with E-state index in [1.54, 1.807) is 24.3 Å². The van der Waals surface area contributed by atoms with E-state index >= 15 is 0 Å². The number of hydrogen-bond acceptors (Lipinski definition) is 2. The quantitative estimate of drug-likeness (QED) is 0.846. The van der Waals surface area contributed by atoms with E-state index in [9.17, 15) is 9.18 Å². The number of carbonyl (C=O) groups excluding carboxylic acids is 1. The number of benzene rings is 2. The molecule has 0 aromatic heterocycles. The SMILES string of the molecule is COc1ccc(/C=C/C(=O)Nc2ccc(Cl)cc2C)cc1F. The van der Waals surface area contributed by atoms with Crippen LogP contribution in [0.5, 0.6) is 5.75 Å². The zero-order chi connectivity index (χ0) is 16.1. The molecule has 5 heteroatoms. The largest absolute Gasteiger partial charge is 0.494 e. The van der Waals surface area contributed by atoms with Crippen LogP contribution >= 0.6 is 11.6 Å². The monoisotopic (exact) mass is 319 g/mol. The topological polar surface area (TPSA) is 38.3 Å². The number of methoxy groups -OCH3 is 1. The first-order valence-corrected chi connectivity index (χ1v) is 6.96. The van der Waals surface area contributed by atoms with E-state index in [1.807, 2.05) is 6.92 Å². The Labute approximate surface area is 133 Å². The number of aryl methyl sites for hydroxylation is 1. The van der Waals surface area contributed by atoms with Gasteiger partial charge < -0.3 is 10.1 Å². The summed E-state index contributed by atoms with van der Waals surface area (Å²) < 4.78 is 18.4. The van der Waals surface area contributed by atoms with Crippen LogP contribution < -0.4 is 10.1 Å². The number of carbonyl (C=O) groups is 1. The van der Waals surface area contributed by atoms with Crippen molar-refractivity contribution in [2.24, 2.45) is 0 Å². The van der Waals surface area contributed by atoms with Gasteiger partial charge in [0.25, 0.3) is 0 Å².